The van der Waals surface area contributed by atoms with Crippen molar-refractivity contribution in [3.63, 3.8) is 0 Å². The molecule has 0 saturated carbocycles. The minimum absolute atomic E-state index is 0.145. The maximum atomic E-state index is 13.3. The Bertz CT molecular complexity index is 1120. The van der Waals surface area contributed by atoms with E-state index in [1.807, 2.05) is 31.2 Å². The second-order valence-electron chi connectivity index (χ2n) is 6.05. The number of benzene rings is 3. The lowest BCUT2D eigenvalue weighted by atomic mass is 10.2. The zero-order chi connectivity index (χ0) is 19.5. The van der Waals surface area contributed by atoms with Crippen molar-refractivity contribution in [1.82, 2.24) is 0 Å². The van der Waals surface area contributed by atoms with Gasteiger partial charge >= 0.3 is 0 Å². The molecule has 8 heteroatoms. The molecule has 1 aliphatic rings. The Morgan fingerprint density at radius 1 is 0.704 bits per heavy atom. The predicted molar refractivity (Wildman–Crippen MR) is 112 cm³/mol. The molecular formula is C19H11Cl4O2S2+. The molecule has 0 saturated heterocycles. The molecule has 3 aromatic carbocycles. The van der Waals surface area contributed by atoms with Crippen molar-refractivity contribution in [1.29, 1.82) is 0 Å². The summed E-state index contributed by atoms with van der Waals surface area (Å²) in [5, 5.41) is 0.988. The van der Waals surface area contributed by atoms with Gasteiger partial charge in [-0.05, 0) is 31.2 Å². The van der Waals surface area contributed by atoms with Gasteiger partial charge in [0.25, 0.3) is 0 Å². The minimum atomic E-state index is -3.81. The van der Waals surface area contributed by atoms with Gasteiger partial charge in [-0.1, -0.05) is 64.1 Å². The molecule has 2 nitrogen and oxygen atoms in total. The van der Waals surface area contributed by atoms with Gasteiger partial charge < -0.3 is 0 Å². The monoisotopic (exact) mass is 475 g/mol. The fourth-order valence-corrected chi connectivity index (χ4v) is 8.57. The van der Waals surface area contributed by atoms with Gasteiger partial charge in [0.05, 0.1) is 20.1 Å². The van der Waals surface area contributed by atoms with E-state index in [1.54, 1.807) is 12.1 Å². The van der Waals surface area contributed by atoms with Gasteiger partial charge in [-0.3, -0.25) is 0 Å². The molecule has 1 heterocycles. The molecule has 0 amide bonds. The zero-order valence-corrected chi connectivity index (χ0v) is 18.4. The number of halogens is 4. The van der Waals surface area contributed by atoms with Crippen molar-refractivity contribution in [2.75, 3.05) is 0 Å². The highest BCUT2D eigenvalue weighted by Crippen LogP contribution is 2.48. The Labute approximate surface area is 180 Å². The second kappa shape index (κ2) is 6.87. The van der Waals surface area contributed by atoms with Gasteiger partial charge in [0.2, 0.25) is 9.84 Å². The number of hydrogen-bond donors (Lipinski definition) is 0. The number of rotatable bonds is 1. The first kappa shape index (κ1) is 19.4. The van der Waals surface area contributed by atoms with E-state index in [0.717, 1.165) is 10.5 Å². The highest BCUT2D eigenvalue weighted by Gasteiger charge is 2.46. The Morgan fingerprint density at radius 2 is 1.11 bits per heavy atom. The molecule has 138 valence electrons. The van der Waals surface area contributed by atoms with Crippen LogP contribution in [0.15, 0.2) is 73.0 Å². The number of sulfone groups is 1. The summed E-state index contributed by atoms with van der Waals surface area (Å²) in [4.78, 5) is 2.44. The lowest BCUT2D eigenvalue weighted by molar-refractivity contribution is 0.590. The molecule has 1 aliphatic heterocycles. The van der Waals surface area contributed by atoms with Crippen molar-refractivity contribution < 1.29 is 8.42 Å². The normalized spacial score (nSPS) is 15.3. The van der Waals surface area contributed by atoms with Gasteiger partial charge in [-0.2, -0.15) is 0 Å². The first-order valence-electron chi connectivity index (χ1n) is 7.74. The van der Waals surface area contributed by atoms with E-state index >= 15 is 0 Å². The van der Waals surface area contributed by atoms with Gasteiger partial charge in [0, 0.05) is 12.1 Å². The quantitative estimate of drug-likeness (QED) is 0.281. The van der Waals surface area contributed by atoms with Crippen LogP contribution in [-0.2, 0) is 20.7 Å². The van der Waals surface area contributed by atoms with E-state index in [-0.39, 0.29) is 19.8 Å². The molecule has 0 bridgehead atoms. The zero-order valence-electron chi connectivity index (χ0n) is 13.8. The SMILES string of the molecule is Cc1ccc([S+]2c3cc(Cl)c(Cl)cc3S(=O)(=O)c3cc(Cl)c(Cl)cc32)cc1. The third-order valence-electron chi connectivity index (χ3n) is 4.25. The van der Waals surface area contributed by atoms with E-state index in [9.17, 15) is 8.42 Å². The average Bonchev–Trinajstić information content (AvgIpc) is 2.61. The fraction of sp³-hybridized carbons (Fsp3) is 0.0526. The third kappa shape index (κ3) is 3.17. The largest absolute Gasteiger partial charge is 0.218 e. The first-order valence-corrected chi connectivity index (χ1v) is 12.0. The van der Waals surface area contributed by atoms with Crippen molar-refractivity contribution in [2.24, 2.45) is 0 Å². The van der Waals surface area contributed by atoms with Crippen molar-refractivity contribution in [2.45, 2.75) is 31.4 Å². The standard InChI is InChI=1S/C19H11Cl4O2S2/c1-10-2-4-11(5-3-10)26-16-6-12(20)14(22)8-18(16)27(24,25)19-9-15(23)13(21)7-17(19)26/h2-9H,1H3/q+1. The van der Waals surface area contributed by atoms with Crippen LogP contribution in [0.1, 0.15) is 5.56 Å². The summed E-state index contributed by atoms with van der Waals surface area (Å²) in [5.41, 5.74) is 1.11. The Morgan fingerprint density at radius 3 is 1.56 bits per heavy atom. The maximum absolute atomic E-state index is 13.3. The molecule has 0 N–H and O–H groups in total. The van der Waals surface area contributed by atoms with Crippen LogP contribution in [0.3, 0.4) is 0 Å². The summed E-state index contributed by atoms with van der Waals surface area (Å²) in [6.07, 6.45) is 0. The molecule has 0 spiro atoms. The van der Waals surface area contributed by atoms with Gasteiger partial charge in [0.15, 0.2) is 14.7 Å². The topological polar surface area (TPSA) is 34.1 Å². The van der Waals surface area contributed by atoms with Crippen LogP contribution in [0.4, 0.5) is 0 Å². The van der Waals surface area contributed by atoms with Crippen LogP contribution in [0.5, 0.6) is 0 Å². The van der Waals surface area contributed by atoms with E-state index < -0.39 is 20.7 Å². The van der Waals surface area contributed by atoms with E-state index in [0.29, 0.717) is 19.8 Å². The highest BCUT2D eigenvalue weighted by molar-refractivity contribution is 8.00. The Hall–Kier alpha value is -0.880. The lowest BCUT2D eigenvalue weighted by Gasteiger charge is -2.21. The number of fused-ring (bicyclic) bond motifs is 2. The van der Waals surface area contributed by atoms with Crippen LogP contribution >= 0.6 is 46.4 Å². The van der Waals surface area contributed by atoms with Gasteiger partial charge in [-0.15, -0.1) is 0 Å². The van der Waals surface area contributed by atoms with Gasteiger partial charge in [-0.25, -0.2) is 8.42 Å². The van der Waals surface area contributed by atoms with Crippen molar-refractivity contribution in [3.05, 3.63) is 74.2 Å². The molecule has 0 atom stereocenters. The predicted octanol–water partition coefficient (Wildman–Crippen LogP) is 6.85. The molecule has 27 heavy (non-hydrogen) atoms. The summed E-state index contributed by atoms with van der Waals surface area (Å²) in [6.45, 7) is 1.99. The average molecular weight is 477 g/mol. The minimum Gasteiger partial charge on any atom is -0.218 e. The van der Waals surface area contributed by atoms with E-state index in [1.165, 1.54) is 12.1 Å². The Balaban J connectivity index is 2.12. The summed E-state index contributed by atoms with van der Waals surface area (Å²) in [6, 6.07) is 14.0. The van der Waals surface area contributed by atoms with Gasteiger partial charge in [0.1, 0.15) is 20.7 Å². The molecule has 0 radical (unpaired) electrons. The fourth-order valence-electron chi connectivity index (χ4n) is 2.92. The molecule has 0 aliphatic carbocycles. The van der Waals surface area contributed by atoms with Crippen LogP contribution in [0, 0.1) is 6.92 Å². The van der Waals surface area contributed by atoms with Crippen LogP contribution in [0.25, 0.3) is 0 Å². The second-order valence-corrected chi connectivity index (χ2v) is 11.5. The summed E-state index contributed by atoms with van der Waals surface area (Å²) in [7, 11) is -4.52. The molecule has 0 aromatic heterocycles. The summed E-state index contributed by atoms with van der Waals surface area (Å²) >= 11 is 24.7. The lowest BCUT2D eigenvalue weighted by Crippen LogP contribution is -2.20. The number of aryl methyl sites for hydroxylation is 1. The van der Waals surface area contributed by atoms with Crippen molar-refractivity contribution in [3.8, 4) is 0 Å². The molecule has 3 aromatic rings. The summed E-state index contributed by atoms with van der Waals surface area (Å²) in [5.74, 6) is 0. The summed E-state index contributed by atoms with van der Waals surface area (Å²) < 4.78 is 26.5. The van der Waals surface area contributed by atoms with Crippen molar-refractivity contribution >= 4 is 67.1 Å². The van der Waals surface area contributed by atoms with Crippen LogP contribution in [-0.4, -0.2) is 8.42 Å². The number of hydrogen-bond acceptors (Lipinski definition) is 2. The first-order chi connectivity index (χ1) is 12.7. The van der Waals surface area contributed by atoms with E-state index in [4.69, 9.17) is 46.4 Å². The van der Waals surface area contributed by atoms with Crippen LogP contribution < -0.4 is 0 Å². The highest BCUT2D eigenvalue weighted by atomic mass is 35.5. The van der Waals surface area contributed by atoms with E-state index in [2.05, 4.69) is 0 Å². The molecule has 4 rings (SSSR count). The molecule has 0 fully saturated rings. The van der Waals surface area contributed by atoms with Crippen LogP contribution in [0.2, 0.25) is 20.1 Å². The third-order valence-corrected chi connectivity index (χ3v) is 10.1. The maximum Gasteiger partial charge on any atom is 0.216 e. The Kier molecular flexibility index (Phi) is 4.95. The molecule has 0 unspecified atom stereocenters. The molecular weight excluding hydrogens is 466 g/mol. The smallest absolute Gasteiger partial charge is 0.216 e.